The van der Waals surface area contributed by atoms with E-state index >= 15 is 0 Å². The molecule has 0 aliphatic rings. The number of benzene rings is 3. The van der Waals surface area contributed by atoms with Gasteiger partial charge in [0.1, 0.15) is 0 Å². The van der Waals surface area contributed by atoms with Crippen molar-refractivity contribution in [1.29, 1.82) is 0 Å². The first-order valence-electron chi connectivity index (χ1n) is 8.80. The number of aryl methyl sites for hydroxylation is 1. The molecule has 0 radical (unpaired) electrons. The molecule has 3 rings (SSSR count). The zero-order valence-electron chi connectivity index (χ0n) is 15.3. The first-order valence-corrected chi connectivity index (χ1v) is 9.56. The van der Waals surface area contributed by atoms with Crippen molar-refractivity contribution in [3.8, 4) is 0 Å². The van der Waals surface area contributed by atoms with Crippen LogP contribution in [0, 0.1) is 6.92 Å². The van der Waals surface area contributed by atoms with Gasteiger partial charge in [-0.2, -0.15) is 0 Å². The lowest BCUT2D eigenvalue weighted by Crippen LogP contribution is -2.05. The Morgan fingerprint density at radius 3 is 2.46 bits per heavy atom. The summed E-state index contributed by atoms with van der Waals surface area (Å²) in [6.07, 6.45) is 4.42. The second-order valence-electron chi connectivity index (χ2n) is 6.67. The van der Waals surface area contributed by atoms with Crippen LogP contribution >= 0.6 is 23.2 Å². The lowest BCUT2D eigenvalue weighted by atomic mass is 9.95. The van der Waals surface area contributed by atoms with Crippen molar-refractivity contribution in [3.63, 3.8) is 0 Å². The highest BCUT2D eigenvalue weighted by Gasteiger charge is 2.09. The zero-order chi connectivity index (χ0) is 18.7. The minimum Gasteiger partial charge on any atom is -0.316 e. The molecule has 0 spiro atoms. The third-order valence-electron chi connectivity index (χ3n) is 4.74. The van der Waals surface area contributed by atoms with Gasteiger partial charge < -0.3 is 5.32 Å². The summed E-state index contributed by atoms with van der Waals surface area (Å²) in [4.78, 5) is 0. The predicted molar refractivity (Wildman–Crippen MR) is 115 cm³/mol. The molecule has 3 aromatic rings. The summed E-state index contributed by atoms with van der Waals surface area (Å²) in [5.74, 6) is 0.249. The van der Waals surface area contributed by atoms with Crippen LogP contribution in [-0.4, -0.2) is 7.05 Å². The van der Waals surface area contributed by atoms with Gasteiger partial charge in [-0.1, -0.05) is 84.7 Å². The Balaban J connectivity index is 1.95. The Labute approximate surface area is 165 Å². The van der Waals surface area contributed by atoms with Gasteiger partial charge in [0.2, 0.25) is 0 Å². The van der Waals surface area contributed by atoms with Gasteiger partial charge >= 0.3 is 0 Å². The second kappa shape index (κ2) is 8.26. The van der Waals surface area contributed by atoms with Crippen molar-refractivity contribution in [2.24, 2.45) is 0 Å². The molecular formula is C23H23Cl2N. The van der Waals surface area contributed by atoms with Crippen molar-refractivity contribution < 1.29 is 0 Å². The van der Waals surface area contributed by atoms with Crippen molar-refractivity contribution in [3.05, 3.63) is 86.9 Å². The van der Waals surface area contributed by atoms with Gasteiger partial charge in [-0.3, -0.25) is 0 Å². The van der Waals surface area contributed by atoms with E-state index in [1.807, 2.05) is 20.0 Å². The Kier molecular flexibility index (Phi) is 6.03. The first kappa shape index (κ1) is 19.0. The summed E-state index contributed by atoms with van der Waals surface area (Å²) in [6, 6.07) is 17.0. The SMILES string of the molecule is CNCc1ccc(/C=C/C(C)c2cc(C)c(Cl)c(Cl)c2)c2ccccc12. The summed E-state index contributed by atoms with van der Waals surface area (Å²) in [5, 5.41) is 7.06. The first-order chi connectivity index (χ1) is 12.5. The van der Waals surface area contributed by atoms with Crippen LogP contribution in [0.3, 0.4) is 0 Å². The zero-order valence-corrected chi connectivity index (χ0v) is 16.8. The van der Waals surface area contributed by atoms with Crippen molar-refractivity contribution >= 4 is 40.1 Å². The second-order valence-corrected chi connectivity index (χ2v) is 7.46. The van der Waals surface area contributed by atoms with Crippen LogP contribution in [0.25, 0.3) is 16.8 Å². The Morgan fingerprint density at radius 2 is 1.77 bits per heavy atom. The quantitative estimate of drug-likeness (QED) is 0.500. The Morgan fingerprint density at radius 1 is 1.04 bits per heavy atom. The van der Waals surface area contributed by atoms with Gasteiger partial charge in [0.25, 0.3) is 0 Å². The average Bonchev–Trinajstić information content (AvgIpc) is 2.65. The molecule has 1 N–H and O–H groups in total. The standard InChI is InChI=1S/C23H23Cl2N/c1-15(19-12-16(2)23(25)22(24)13-19)8-9-17-10-11-18(14-26-3)21-7-5-4-6-20(17)21/h4-13,15,26H,14H2,1-3H3/b9-8+. The summed E-state index contributed by atoms with van der Waals surface area (Å²) in [5.41, 5.74) is 4.72. The van der Waals surface area contributed by atoms with Crippen molar-refractivity contribution in [2.75, 3.05) is 7.05 Å². The van der Waals surface area contributed by atoms with E-state index in [-0.39, 0.29) is 5.92 Å². The molecule has 0 saturated heterocycles. The molecule has 0 saturated carbocycles. The van der Waals surface area contributed by atoms with Gasteiger partial charge in [-0.25, -0.2) is 0 Å². The molecule has 1 atom stereocenters. The lowest BCUT2D eigenvalue weighted by molar-refractivity contribution is 0.823. The average molecular weight is 384 g/mol. The van der Waals surface area contributed by atoms with Crippen molar-refractivity contribution in [1.82, 2.24) is 5.32 Å². The molecule has 1 unspecified atom stereocenters. The number of allylic oxidation sites excluding steroid dienone is 1. The van der Waals surface area contributed by atoms with E-state index in [0.717, 1.165) is 12.1 Å². The van der Waals surface area contributed by atoms with Crippen LogP contribution in [0.2, 0.25) is 10.0 Å². The molecule has 0 amide bonds. The number of fused-ring (bicyclic) bond motifs is 1. The number of hydrogen-bond donors (Lipinski definition) is 1. The Bertz CT molecular complexity index is 937. The van der Waals surface area contributed by atoms with E-state index < -0.39 is 0 Å². The van der Waals surface area contributed by atoms with E-state index in [9.17, 15) is 0 Å². The van der Waals surface area contributed by atoms with Gasteiger partial charge in [-0.05, 0) is 59.0 Å². The van der Waals surface area contributed by atoms with Gasteiger partial charge in [-0.15, -0.1) is 0 Å². The van der Waals surface area contributed by atoms with Crippen LogP contribution in [0.4, 0.5) is 0 Å². The van der Waals surface area contributed by atoms with Crippen LogP contribution in [0.5, 0.6) is 0 Å². The molecule has 0 aliphatic carbocycles. The van der Waals surface area contributed by atoms with Gasteiger partial charge in [0.15, 0.2) is 0 Å². The number of hydrogen-bond acceptors (Lipinski definition) is 1. The molecular weight excluding hydrogens is 361 g/mol. The van der Waals surface area contributed by atoms with Gasteiger partial charge in [0.05, 0.1) is 10.0 Å². The third kappa shape index (κ3) is 3.96. The normalized spacial score (nSPS) is 12.8. The molecule has 1 nitrogen and oxygen atoms in total. The van der Waals surface area contributed by atoms with Crippen LogP contribution in [-0.2, 0) is 6.54 Å². The van der Waals surface area contributed by atoms with Crippen LogP contribution in [0.1, 0.15) is 35.1 Å². The molecule has 3 heteroatoms. The fourth-order valence-electron chi connectivity index (χ4n) is 3.25. The molecule has 0 aliphatic heterocycles. The summed E-state index contributed by atoms with van der Waals surface area (Å²) in [6.45, 7) is 5.03. The predicted octanol–water partition coefficient (Wildman–Crippen LogP) is 6.99. The fraction of sp³-hybridized carbons (Fsp3) is 0.217. The smallest absolute Gasteiger partial charge is 0.0621 e. The molecule has 0 bridgehead atoms. The highest BCUT2D eigenvalue weighted by atomic mass is 35.5. The highest BCUT2D eigenvalue weighted by Crippen LogP contribution is 2.31. The minimum atomic E-state index is 0.249. The molecule has 26 heavy (non-hydrogen) atoms. The number of rotatable bonds is 5. The monoisotopic (exact) mass is 383 g/mol. The highest BCUT2D eigenvalue weighted by molar-refractivity contribution is 6.42. The van der Waals surface area contributed by atoms with E-state index in [0.29, 0.717) is 10.0 Å². The maximum atomic E-state index is 6.24. The summed E-state index contributed by atoms with van der Waals surface area (Å²) >= 11 is 12.4. The fourth-order valence-corrected chi connectivity index (χ4v) is 3.63. The van der Waals surface area contributed by atoms with E-state index in [1.54, 1.807) is 0 Å². The van der Waals surface area contributed by atoms with Gasteiger partial charge in [0, 0.05) is 6.54 Å². The summed E-state index contributed by atoms with van der Waals surface area (Å²) in [7, 11) is 1.98. The van der Waals surface area contributed by atoms with E-state index in [1.165, 1.54) is 27.5 Å². The lowest BCUT2D eigenvalue weighted by Gasteiger charge is -2.12. The topological polar surface area (TPSA) is 12.0 Å². The van der Waals surface area contributed by atoms with Crippen LogP contribution < -0.4 is 5.32 Å². The maximum absolute atomic E-state index is 6.24. The molecule has 0 fully saturated rings. The van der Waals surface area contributed by atoms with Crippen molar-refractivity contribution in [2.45, 2.75) is 26.3 Å². The Hall–Kier alpha value is -1.80. The number of nitrogens with one attached hydrogen (secondary N) is 1. The molecule has 0 aromatic heterocycles. The van der Waals surface area contributed by atoms with E-state index in [2.05, 4.69) is 66.9 Å². The summed E-state index contributed by atoms with van der Waals surface area (Å²) < 4.78 is 0. The molecule has 3 aromatic carbocycles. The minimum absolute atomic E-state index is 0.249. The molecule has 0 heterocycles. The molecule has 134 valence electrons. The van der Waals surface area contributed by atoms with E-state index in [4.69, 9.17) is 23.2 Å². The third-order valence-corrected chi connectivity index (χ3v) is 5.63. The van der Waals surface area contributed by atoms with Crippen LogP contribution in [0.15, 0.2) is 54.6 Å². The largest absolute Gasteiger partial charge is 0.316 e. The number of halogens is 2. The maximum Gasteiger partial charge on any atom is 0.0621 e.